The summed E-state index contributed by atoms with van der Waals surface area (Å²) in [6, 6.07) is 15.8. The largest absolute Gasteiger partial charge is 0.458 e. The van der Waals surface area contributed by atoms with E-state index in [1.807, 2.05) is 69.3 Å². The Bertz CT molecular complexity index is 1150. The number of esters is 1. The molecule has 4 saturated carbocycles. The van der Waals surface area contributed by atoms with Crippen LogP contribution in [0.3, 0.4) is 0 Å². The van der Waals surface area contributed by atoms with Gasteiger partial charge in [-0.05, 0) is 93.4 Å². The van der Waals surface area contributed by atoms with E-state index in [-0.39, 0.29) is 18.6 Å². The molecule has 4 aliphatic carbocycles. The van der Waals surface area contributed by atoms with Crippen molar-refractivity contribution in [2.75, 3.05) is 0 Å². The number of benzene rings is 2. The quantitative estimate of drug-likeness (QED) is 0.422. The van der Waals surface area contributed by atoms with Crippen LogP contribution in [0.5, 0.6) is 0 Å². The third-order valence-electron chi connectivity index (χ3n) is 8.56. The van der Waals surface area contributed by atoms with E-state index in [2.05, 4.69) is 5.32 Å². The molecule has 0 heterocycles. The van der Waals surface area contributed by atoms with E-state index in [1.165, 1.54) is 6.08 Å². The van der Waals surface area contributed by atoms with E-state index in [9.17, 15) is 14.7 Å². The number of ether oxygens (including phenoxy) is 1. The van der Waals surface area contributed by atoms with Crippen LogP contribution in [0.4, 0.5) is 0 Å². The van der Waals surface area contributed by atoms with Crippen LogP contribution in [-0.4, -0.2) is 28.6 Å². The predicted molar refractivity (Wildman–Crippen MR) is 140 cm³/mol. The molecule has 0 aromatic heterocycles. The van der Waals surface area contributed by atoms with E-state index in [0.29, 0.717) is 17.8 Å². The molecule has 2 atom stereocenters. The van der Waals surface area contributed by atoms with Gasteiger partial charge in [0.1, 0.15) is 6.61 Å². The van der Waals surface area contributed by atoms with E-state index < -0.39 is 17.0 Å². The molecule has 0 radical (unpaired) electrons. The number of hydrogen-bond donors (Lipinski definition) is 2. The van der Waals surface area contributed by atoms with E-state index in [1.54, 1.807) is 6.08 Å². The standard InChI is InChI=1S/C31H37NO4/c1-20-11-22(9-10-27(33)36-19-21-7-5-4-6-8-21)15-26(12-20)30(2,3)29(34)32-28-24-13-23-14-25(28)18-31(35,16-23)17-24/h4-12,15,23-25,28,35H,13-14,16-19H2,1-3H3,(H,32,34)/b10-9+/t23?,24-,25-,28?,31?/m1/s1. The lowest BCUT2D eigenvalue weighted by atomic mass is 9.52. The molecule has 0 saturated heterocycles. The molecule has 5 nitrogen and oxygen atoms in total. The highest BCUT2D eigenvalue weighted by atomic mass is 16.5. The highest BCUT2D eigenvalue weighted by Crippen LogP contribution is 2.55. The van der Waals surface area contributed by atoms with Crippen LogP contribution < -0.4 is 5.32 Å². The summed E-state index contributed by atoms with van der Waals surface area (Å²) in [6.07, 6.45) is 7.97. The first-order chi connectivity index (χ1) is 17.1. The number of nitrogens with one attached hydrogen (secondary N) is 1. The maximum Gasteiger partial charge on any atom is 0.331 e. The Morgan fingerprint density at radius 2 is 1.78 bits per heavy atom. The smallest absolute Gasteiger partial charge is 0.331 e. The Kier molecular flexibility index (Phi) is 6.54. The topological polar surface area (TPSA) is 75.6 Å². The molecule has 4 fully saturated rings. The van der Waals surface area contributed by atoms with Gasteiger partial charge < -0.3 is 15.2 Å². The Hall–Kier alpha value is -2.92. The maximum atomic E-state index is 13.6. The molecule has 2 aromatic rings. The highest BCUT2D eigenvalue weighted by molar-refractivity contribution is 5.89. The van der Waals surface area contributed by atoms with Gasteiger partial charge in [0.15, 0.2) is 0 Å². The fraction of sp³-hybridized carbons (Fsp3) is 0.484. The Morgan fingerprint density at radius 1 is 1.08 bits per heavy atom. The Balaban J connectivity index is 1.25. The Morgan fingerprint density at radius 3 is 2.44 bits per heavy atom. The number of aryl methyl sites for hydroxylation is 1. The van der Waals surface area contributed by atoms with E-state index in [4.69, 9.17) is 4.74 Å². The van der Waals surface area contributed by atoms with Gasteiger partial charge in [-0.2, -0.15) is 0 Å². The van der Waals surface area contributed by atoms with Gasteiger partial charge in [-0.25, -0.2) is 4.79 Å². The van der Waals surface area contributed by atoms with Gasteiger partial charge in [-0.1, -0.05) is 54.1 Å². The third kappa shape index (κ3) is 5.12. The first kappa shape index (κ1) is 24.8. The predicted octanol–water partition coefficient (Wildman–Crippen LogP) is 5.09. The van der Waals surface area contributed by atoms with Gasteiger partial charge in [0.05, 0.1) is 11.0 Å². The van der Waals surface area contributed by atoms with Crippen molar-refractivity contribution >= 4 is 18.0 Å². The van der Waals surface area contributed by atoms with E-state index >= 15 is 0 Å². The molecule has 1 amide bonds. The van der Waals surface area contributed by atoms with Crippen LogP contribution in [0.25, 0.3) is 6.08 Å². The average molecular weight is 488 g/mol. The summed E-state index contributed by atoms with van der Waals surface area (Å²) >= 11 is 0. The first-order valence-corrected chi connectivity index (χ1v) is 13.2. The van der Waals surface area contributed by atoms with Crippen LogP contribution in [0.2, 0.25) is 0 Å². The van der Waals surface area contributed by atoms with Crippen LogP contribution in [0, 0.1) is 24.7 Å². The zero-order valence-corrected chi connectivity index (χ0v) is 21.5. The molecule has 0 aliphatic heterocycles. The highest BCUT2D eigenvalue weighted by Gasteiger charge is 2.55. The van der Waals surface area contributed by atoms with E-state index in [0.717, 1.165) is 54.4 Å². The normalized spacial score (nSPS) is 28.9. The summed E-state index contributed by atoms with van der Waals surface area (Å²) in [5.41, 5.74) is 2.51. The summed E-state index contributed by atoms with van der Waals surface area (Å²) in [5.74, 6) is 0.981. The molecule has 4 bridgehead atoms. The molecule has 6 rings (SSSR count). The zero-order valence-electron chi connectivity index (χ0n) is 21.5. The molecule has 0 unspecified atom stereocenters. The van der Waals surface area contributed by atoms with Crippen LogP contribution in [0.15, 0.2) is 54.6 Å². The van der Waals surface area contributed by atoms with Crippen molar-refractivity contribution in [2.24, 2.45) is 17.8 Å². The van der Waals surface area contributed by atoms with Gasteiger partial charge in [-0.15, -0.1) is 0 Å². The van der Waals surface area contributed by atoms with Crippen LogP contribution in [-0.2, 0) is 26.3 Å². The van der Waals surface area contributed by atoms with Crippen molar-refractivity contribution in [2.45, 2.75) is 76.5 Å². The van der Waals surface area contributed by atoms with Crippen molar-refractivity contribution in [1.82, 2.24) is 5.32 Å². The molecular weight excluding hydrogens is 450 g/mol. The first-order valence-electron chi connectivity index (χ1n) is 13.2. The van der Waals surface area contributed by atoms with Crippen molar-refractivity contribution in [3.05, 3.63) is 76.9 Å². The second-order valence-electron chi connectivity index (χ2n) is 11.9. The molecule has 2 N–H and O–H groups in total. The SMILES string of the molecule is Cc1cc(/C=C/C(=O)OCc2ccccc2)cc(C(C)(C)C(=O)NC2[C@@H]3CC4C[C@@H]2CC(O)(C4)C3)c1. The summed E-state index contributed by atoms with van der Waals surface area (Å²) in [7, 11) is 0. The van der Waals surface area contributed by atoms with Crippen LogP contribution >= 0.6 is 0 Å². The monoisotopic (exact) mass is 487 g/mol. The molecule has 0 spiro atoms. The molecule has 2 aromatic carbocycles. The minimum Gasteiger partial charge on any atom is -0.458 e. The van der Waals surface area contributed by atoms with Crippen molar-refractivity contribution < 1.29 is 19.4 Å². The van der Waals surface area contributed by atoms with Gasteiger partial charge in [0.2, 0.25) is 5.91 Å². The van der Waals surface area contributed by atoms with Gasteiger partial charge in [0, 0.05) is 12.1 Å². The lowest BCUT2D eigenvalue weighted by Crippen LogP contribution is -2.62. The second-order valence-corrected chi connectivity index (χ2v) is 11.9. The Labute approximate surface area is 213 Å². The summed E-state index contributed by atoms with van der Waals surface area (Å²) < 4.78 is 5.35. The number of rotatable bonds is 7. The van der Waals surface area contributed by atoms with Crippen molar-refractivity contribution in [1.29, 1.82) is 0 Å². The summed E-state index contributed by atoms with van der Waals surface area (Å²) in [5, 5.41) is 14.3. The van der Waals surface area contributed by atoms with Gasteiger partial charge in [-0.3, -0.25) is 4.79 Å². The lowest BCUT2D eigenvalue weighted by Gasteiger charge is -2.58. The minimum absolute atomic E-state index is 0.0229. The number of aliphatic hydroxyl groups is 1. The zero-order chi connectivity index (χ0) is 25.5. The number of hydrogen-bond acceptors (Lipinski definition) is 4. The fourth-order valence-electron chi connectivity index (χ4n) is 6.89. The molecule has 190 valence electrons. The summed E-state index contributed by atoms with van der Waals surface area (Å²) in [6.45, 7) is 6.16. The van der Waals surface area contributed by atoms with Crippen molar-refractivity contribution in [3.63, 3.8) is 0 Å². The van der Waals surface area contributed by atoms with Gasteiger partial charge in [0.25, 0.3) is 0 Å². The number of carbonyl (C=O) groups is 2. The second kappa shape index (κ2) is 9.51. The molecule has 5 heteroatoms. The number of amides is 1. The lowest BCUT2D eigenvalue weighted by molar-refractivity contribution is -0.148. The minimum atomic E-state index is -0.728. The molecular formula is C31H37NO4. The molecule has 4 aliphatic rings. The van der Waals surface area contributed by atoms with Crippen molar-refractivity contribution in [3.8, 4) is 0 Å². The van der Waals surface area contributed by atoms with Crippen LogP contribution in [0.1, 0.15) is 68.2 Å². The third-order valence-corrected chi connectivity index (χ3v) is 8.56. The maximum absolute atomic E-state index is 13.6. The fourth-order valence-corrected chi connectivity index (χ4v) is 6.89. The average Bonchev–Trinajstić information content (AvgIpc) is 2.83. The summed E-state index contributed by atoms with van der Waals surface area (Å²) in [4.78, 5) is 25.8. The molecule has 36 heavy (non-hydrogen) atoms. The number of carbonyl (C=O) groups excluding carboxylic acids is 2. The van der Waals surface area contributed by atoms with Gasteiger partial charge >= 0.3 is 5.97 Å².